The van der Waals surface area contributed by atoms with Crippen LogP contribution in [0.15, 0.2) is 84.3 Å². The quantitative estimate of drug-likeness (QED) is 0.400. The Morgan fingerprint density at radius 3 is 2.69 bits per heavy atom. The van der Waals surface area contributed by atoms with Crippen LogP contribution in [0.5, 0.6) is 0 Å². The molecule has 176 valence electrons. The number of carbonyl (C=O) groups is 2. The third-order valence-electron chi connectivity index (χ3n) is 5.80. The minimum atomic E-state index is -0.518. The van der Waals surface area contributed by atoms with Crippen LogP contribution >= 0.6 is 11.8 Å². The van der Waals surface area contributed by atoms with Gasteiger partial charge in [-0.1, -0.05) is 54.2 Å². The van der Waals surface area contributed by atoms with Crippen molar-refractivity contribution in [2.75, 3.05) is 17.6 Å². The van der Waals surface area contributed by atoms with E-state index >= 15 is 0 Å². The minimum absolute atomic E-state index is 0.115. The number of nitrogens with zero attached hydrogens (tertiary/aromatic N) is 6. The number of benzene rings is 2. The van der Waals surface area contributed by atoms with Gasteiger partial charge in [-0.25, -0.2) is 0 Å². The summed E-state index contributed by atoms with van der Waals surface area (Å²) in [6.07, 6.45) is 4.87. The molecule has 0 saturated carbocycles. The Labute approximate surface area is 206 Å². The number of aromatic nitrogens is 5. The van der Waals surface area contributed by atoms with E-state index < -0.39 is 6.04 Å². The van der Waals surface area contributed by atoms with Gasteiger partial charge in [-0.15, -0.1) is 5.10 Å². The molecule has 1 aliphatic heterocycles. The standard InChI is InChI=1S/C25H23N7O2S/c33-23(17-35-25-28-29-30-32(25)19-9-2-1-3-10-19)31-15-7-13-22(31)24(34)27-21-12-5-4-11-20(21)18-8-6-14-26-16-18/h1-6,8-12,14,16,22H,7,13,15,17H2,(H,27,34)/t22-/m0/s1. The molecule has 3 heterocycles. The molecular formula is C25H23N7O2S. The van der Waals surface area contributed by atoms with Gasteiger partial charge >= 0.3 is 0 Å². The Morgan fingerprint density at radius 2 is 1.86 bits per heavy atom. The average molecular weight is 486 g/mol. The minimum Gasteiger partial charge on any atom is -0.330 e. The summed E-state index contributed by atoms with van der Waals surface area (Å²) < 4.78 is 1.60. The number of hydrogen-bond acceptors (Lipinski definition) is 7. The lowest BCUT2D eigenvalue weighted by molar-refractivity contribution is -0.134. The van der Waals surface area contributed by atoms with E-state index in [9.17, 15) is 9.59 Å². The highest BCUT2D eigenvalue weighted by Crippen LogP contribution is 2.29. The van der Waals surface area contributed by atoms with Crippen LogP contribution in [0.1, 0.15) is 12.8 Å². The number of carbonyl (C=O) groups excluding carboxylic acids is 2. The molecular weight excluding hydrogens is 462 g/mol. The number of amides is 2. The maximum Gasteiger partial charge on any atom is 0.247 e. The van der Waals surface area contributed by atoms with Crippen LogP contribution in [0, 0.1) is 0 Å². The van der Waals surface area contributed by atoms with Gasteiger partial charge in [0.2, 0.25) is 17.0 Å². The van der Waals surface area contributed by atoms with E-state index in [1.54, 1.807) is 22.0 Å². The topological polar surface area (TPSA) is 106 Å². The second-order valence-corrected chi connectivity index (χ2v) is 8.96. The number of likely N-dealkylation sites (tertiary alicyclic amines) is 1. The van der Waals surface area contributed by atoms with E-state index in [4.69, 9.17) is 0 Å². The molecule has 0 spiro atoms. The fourth-order valence-corrected chi connectivity index (χ4v) is 4.91. The summed E-state index contributed by atoms with van der Waals surface area (Å²) in [7, 11) is 0. The zero-order chi connectivity index (χ0) is 24.0. The highest BCUT2D eigenvalue weighted by atomic mass is 32.2. The molecule has 1 fully saturated rings. The van der Waals surface area contributed by atoms with Crippen molar-refractivity contribution in [1.29, 1.82) is 0 Å². The molecule has 2 aromatic carbocycles. The SMILES string of the molecule is O=C(Nc1ccccc1-c1cccnc1)[C@@H]1CCCN1C(=O)CSc1nnnn1-c1ccccc1. The number of rotatable bonds is 7. The van der Waals surface area contributed by atoms with Crippen LogP contribution in [-0.4, -0.2) is 60.2 Å². The van der Waals surface area contributed by atoms with Crippen LogP contribution in [0.3, 0.4) is 0 Å². The lowest BCUT2D eigenvalue weighted by Crippen LogP contribution is -2.44. The van der Waals surface area contributed by atoms with E-state index in [1.807, 2.05) is 66.7 Å². The highest BCUT2D eigenvalue weighted by molar-refractivity contribution is 7.99. The van der Waals surface area contributed by atoms with Gasteiger partial charge < -0.3 is 10.2 Å². The van der Waals surface area contributed by atoms with Gasteiger partial charge in [-0.05, 0) is 47.5 Å². The maximum atomic E-state index is 13.2. The molecule has 0 unspecified atom stereocenters. The number of anilines is 1. The molecule has 1 N–H and O–H groups in total. The fraction of sp³-hybridized carbons (Fsp3) is 0.200. The summed E-state index contributed by atoms with van der Waals surface area (Å²) in [5, 5.41) is 15.4. The summed E-state index contributed by atoms with van der Waals surface area (Å²) >= 11 is 1.26. The van der Waals surface area contributed by atoms with Crippen molar-refractivity contribution in [3.05, 3.63) is 79.1 Å². The molecule has 0 bridgehead atoms. The van der Waals surface area contributed by atoms with E-state index in [0.717, 1.165) is 23.2 Å². The third-order valence-corrected chi connectivity index (χ3v) is 6.70. The number of thioether (sulfide) groups is 1. The molecule has 5 rings (SSSR count). The van der Waals surface area contributed by atoms with Crippen molar-refractivity contribution >= 4 is 29.3 Å². The molecule has 35 heavy (non-hydrogen) atoms. The van der Waals surface area contributed by atoms with Crippen molar-refractivity contribution in [3.63, 3.8) is 0 Å². The Bertz CT molecular complexity index is 1310. The zero-order valence-electron chi connectivity index (χ0n) is 18.8. The molecule has 0 radical (unpaired) electrons. The number of nitrogens with one attached hydrogen (secondary N) is 1. The molecule has 9 nitrogen and oxygen atoms in total. The molecule has 1 saturated heterocycles. The highest BCUT2D eigenvalue weighted by Gasteiger charge is 2.34. The number of hydrogen-bond donors (Lipinski definition) is 1. The van der Waals surface area contributed by atoms with Gasteiger partial charge in [0.1, 0.15) is 6.04 Å². The molecule has 1 aliphatic rings. The Kier molecular flexibility index (Phi) is 6.80. The first-order valence-corrected chi connectivity index (χ1v) is 12.3. The monoisotopic (exact) mass is 485 g/mol. The predicted octanol–water partition coefficient (Wildman–Crippen LogP) is 3.45. The number of para-hydroxylation sites is 2. The van der Waals surface area contributed by atoms with Crippen LogP contribution in [0.4, 0.5) is 5.69 Å². The lowest BCUT2D eigenvalue weighted by Gasteiger charge is -2.24. The molecule has 10 heteroatoms. The van der Waals surface area contributed by atoms with Gasteiger partial charge in [0, 0.05) is 35.8 Å². The molecule has 1 atom stereocenters. The van der Waals surface area contributed by atoms with Gasteiger partial charge in [0.15, 0.2) is 0 Å². The molecule has 2 aromatic heterocycles. The first-order chi connectivity index (χ1) is 17.2. The van der Waals surface area contributed by atoms with Crippen LogP contribution in [0.25, 0.3) is 16.8 Å². The first kappa shape index (κ1) is 22.7. The fourth-order valence-electron chi connectivity index (χ4n) is 4.13. The summed E-state index contributed by atoms with van der Waals surface area (Å²) in [4.78, 5) is 32.1. The second kappa shape index (κ2) is 10.5. The first-order valence-electron chi connectivity index (χ1n) is 11.3. The van der Waals surface area contributed by atoms with Gasteiger partial charge in [0.25, 0.3) is 0 Å². The van der Waals surface area contributed by atoms with Gasteiger partial charge in [0.05, 0.1) is 11.4 Å². The van der Waals surface area contributed by atoms with E-state index in [-0.39, 0.29) is 17.6 Å². The smallest absolute Gasteiger partial charge is 0.247 e. The summed E-state index contributed by atoms with van der Waals surface area (Å²) in [6, 6.07) is 20.4. The van der Waals surface area contributed by atoms with E-state index in [0.29, 0.717) is 23.8 Å². The number of pyridine rings is 1. The van der Waals surface area contributed by atoms with E-state index in [2.05, 4.69) is 25.8 Å². The summed E-state index contributed by atoms with van der Waals surface area (Å²) in [5.74, 6) is -0.161. The van der Waals surface area contributed by atoms with Crippen molar-refractivity contribution in [2.24, 2.45) is 0 Å². The molecule has 4 aromatic rings. The van der Waals surface area contributed by atoms with Crippen molar-refractivity contribution in [3.8, 4) is 16.8 Å². The Hall–Kier alpha value is -4.05. The van der Waals surface area contributed by atoms with Crippen molar-refractivity contribution in [2.45, 2.75) is 24.0 Å². The van der Waals surface area contributed by atoms with Crippen molar-refractivity contribution in [1.82, 2.24) is 30.1 Å². The zero-order valence-corrected chi connectivity index (χ0v) is 19.6. The molecule has 2 amide bonds. The largest absolute Gasteiger partial charge is 0.330 e. The summed E-state index contributed by atoms with van der Waals surface area (Å²) in [5.41, 5.74) is 3.31. The van der Waals surface area contributed by atoms with Crippen LogP contribution in [0.2, 0.25) is 0 Å². The van der Waals surface area contributed by atoms with Crippen LogP contribution in [-0.2, 0) is 9.59 Å². The van der Waals surface area contributed by atoms with Gasteiger partial charge in [-0.3, -0.25) is 14.6 Å². The van der Waals surface area contributed by atoms with Crippen LogP contribution < -0.4 is 5.32 Å². The lowest BCUT2D eigenvalue weighted by atomic mass is 10.1. The average Bonchev–Trinajstić information content (AvgIpc) is 3.59. The Balaban J connectivity index is 1.25. The van der Waals surface area contributed by atoms with E-state index in [1.165, 1.54) is 11.8 Å². The maximum absolute atomic E-state index is 13.2. The Morgan fingerprint density at radius 1 is 1.03 bits per heavy atom. The number of tetrazole rings is 1. The molecule has 0 aliphatic carbocycles. The summed E-state index contributed by atoms with van der Waals surface area (Å²) in [6.45, 7) is 0.547. The predicted molar refractivity (Wildman–Crippen MR) is 133 cm³/mol. The normalized spacial score (nSPS) is 15.2. The second-order valence-electron chi connectivity index (χ2n) is 8.02. The third kappa shape index (κ3) is 5.07. The van der Waals surface area contributed by atoms with Crippen molar-refractivity contribution < 1.29 is 9.59 Å². The van der Waals surface area contributed by atoms with Gasteiger partial charge in [-0.2, -0.15) is 4.68 Å².